The van der Waals surface area contributed by atoms with Crippen LogP contribution in [0.15, 0.2) is 73.0 Å². The quantitative estimate of drug-likeness (QED) is 0.439. The maximum absolute atomic E-state index is 4.71. The Bertz CT molecular complexity index is 969. The van der Waals surface area contributed by atoms with Crippen molar-refractivity contribution in [3.63, 3.8) is 0 Å². The molecular weight excluding hydrogens is 362 g/mol. The van der Waals surface area contributed by atoms with E-state index in [4.69, 9.17) is 4.98 Å². The van der Waals surface area contributed by atoms with Crippen molar-refractivity contribution in [3.05, 3.63) is 78.0 Å². The van der Waals surface area contributed by atoms with Gasteiger partial charge in [0.25, 0.3) is 0 Å². The van der Waals surface area contributed by atoms with Gasteiger partial charge in [0.15, 0.2) is 0 Å². The van der Waals surface area contributed by atoms with Gasteiger partial charge in [-0.1, -0.05) is 18.2 Å². The molecular formula is C19H21N5S2. The van der Waals surface area contributed by atoms with E-state index in [-0.39, 0.29) is 8.35 Å². The normalized spacial score (nSPS) is 15.1. The van der Waals surface area contributed by atoms with Gasteiger partial charge in [0, 0.05) is 27.1 Å². The number of allylic oxidation sites excluding steroid dienone is 5. The molecule has 2 N–H and O–H groups in total. The summed E-state index contributed by atoms with van der Waals surface area (Å²) in [5.41, 5.74) is 3.89. The zero-order chi connectivity index (χ0) is 17.8. The molecule has 0 aromatic carbocycles. The van der Waals surface area contributed by atoms with Crippen LogP contribution in [0.3, 0.4) is 0 Å². The lowest BCUT2D eigenvalue weighted by Gasteiger charge is -2.17. The second-order valence-corrected chi connectivity index (χ2v) is 7.26. The highest BCUT2D eigenvalue weighted by Gasteiger charge is 2.10. The third kappa shape index (κ3) is 3.95. The Morgan fingerprint density at radius 2 is 2.08 bits per heavy atom. The Hall–Kier alpha value is -2.64. The molecule has 0 spiro atoms. The maximum Gasteiger partial charge on any atom is 0.142 e. The van der Waals surface area contributed by atoms with Crippen LogP contribution in [0.4, 0.5) is 5.69 Å². The molecule has 26 heavy (non-hydrogen) atoms. The lowest BCUT2D eigenvalue weighted by Crippen LogP contribution is -2.30. The summed E-state index contributed by atoms with van der Waals surface area (Å²) in [4.78, 5) is 13.0. The van der Waals surface area contributed by atoms with Gasteiger partial charge in [-0.2, -0.15) is 0 Å². The third-order valence-electron chi connectivity index (χ3n) is 3.85. The van der Waals surface area contributed by atoms with E-state index >= 15 is 0 Å². The van der Waals surface area contributed by atoms with Crippen LogP contribution in [-0.4, -0.2) is 20.4 Å². The monoisotopic (exact) mass is 383 g/mol. The molecule has 0 amide bonds. The molecule has 1 unspecified atom stereocenters. The number of anilines is 1. The zero-order valence-corrected chi connectivity index (χ0v) is 15.5. The van der Waals surface area contributed by atoms with Gasteiger partial charge in [-0.15, -0.1) is 24.0 Å². The van der Waals surface area contributed by atoms with Gasteiger partial charge in [0.05, 0.1) is 22.1 Å². The minimum Gasteiger partial charge on any atom is -0.357 e. The largest absolute Gasteiger partial charge is 0.357 e. The Morgan fingerprint density at radius 3 is 2.92 bits per heavy atom. The Kier molecular flexibility index (Phi) is 4.99. The Balaban J connectivity index is 0.00000140. The molecule has 7 heteroatoms. The minimum atomic E-state index is -0.217. The number of rotatable bonds is 5. The highest BCUT2D eigenvalue weighted by atomic mass is 32.1. The average molecular weight is 384 g/mol. The molecule has 1 atom stereocenters. The number of thiol groups is 1. The number of aromatic nitrogens is 3. The predicted molar refractivity (Wildman–Crippen MR) is 115 cm³/mol. The van der Waals surface area contributed by atoms with Crippen molar-refractivity contribution < 1.29 is 2.85 Å². The van der Waals surface area contributed by atoms with E-state index in [9.17, 15) is 0 Å². The van der Waals surface area contributed by atoms with Gasteiger partial charge in [-0.25, -0.2) is 4.98 Å². The first-order valence-corrected chi connectivity index (χ1v) is 9.51. The number of fused-ring (bicyclic) bond motifs is 1. The van der Waals surface area contributed by atoms with E-state index < -0.39 is 0 Å². The number of thiazole rings is 1. The first-order valence-electron chi connectivity index (χ1n) is 8.17. The van der Waals surface area contributed by atoms with Gasteiger partial charge < -0.3 is 10.6 Å². The second-order valence-electron chi connectivity index (χ2n) is 5.71. The fourth-order valence-electron chi connectivity index (χ4n) is 2.61. The van der Waals surface area contributed by atoms with E-state index in [1.165, 1.54) is 5.57 Å². The number of pyridine rings is 2. The SMILES string of the molecule is SC(NC1=CCC(c2nc3ccncc3s2)=CC=C1)Nc1cccnc1.[HH].[HH]. The Morgan fingerprint density at radius 1 is 1.15 bits per heavy atom. The van der Waals surface area contributed by atoms with Gasteiger partial charge in [0.1, 0.15) is 10.5 Å². The fourth-order valence-corrected chi connectivity index (χ4v) is 3.87. The highest BCUT2D eigenvalue weighted by molar-refractivity contribution is 7.81. The summed E-state index contributed by atoms with van der Waals surface area (Å²) < 4.78 is 1.11. The summed E-state index contributed by atoms with van der Waals surface area (Å²) >= 11 is 6.22. The highest BCUT2D eigenvalue weighted by Crippen LogP contribution is 2.29. The number of hydrogen-bond donors (Lipinski definition) is 3. The molecule has 134 valence electrons. The van der Waals surface area contributed by atoms with E-state index in [0.717, 1.165) is 33.0 Å². The molecule has 0 saturated heterocycles. The first kappa shape index (κ1) is 16.8. The lowest BCUT2D eigenvalue weighted by molar-refractivity contribution is 0.835. The Labute approximate surface area is 164 Å². The van der Waals surface area contributed by atoms with Crippen molar-refractivity contribution in [1.82, 2.24) is 20.3 Å². The van der Waals surface area contributed by atoms with E-state index in [1.54, 1.807) is 29.9 Å². The van der Waals surface area contributed by atoms with Crippen LogP contribution in [0.2, 0.25) is 0 Å². The van der Waals surface area contributed by atoms with Gasteiger partial charge in [0.2, 0.25) is 0 Å². The zero-order valence-electron chi connectivity index (χ0n) is 13.8. The number of nitrogens with zero attached hydrogens (tertiary/aromatic N) is 3. The van der Waals surface area contributed by atoms with Gasteiger partial charge >= 0.3 is 0 Å². The molecule has 1 aliphatic rings. The molecule has 4 rings (SSSR count). The van der Waals surface area contributed by atoms with Crippen LogP contribution >= 0.6 is 24.0 Å². The molecule has 0 bridgehead atoms. The van der Waals surface area contributed by atoms with Crippen molar-refractivity contribution in [2.45, 2.75) is 11.9 Å². The third-order valence-corrected chi connectivity index (χ3v) is 5.19. The van der Waals surface area contributed by atoms with Crippen molar-refractivity contribution in [2.24, 2.45) is 0 Å². The average Bonchev–Trinajstić information content (AvgIpc) is 2.95. The maximum atomic E-state index is 4.71. The van der Waals surface area contributed by atoms with Crippen molar-refractivity contribution in [3.8, 4) is 0 Å². The summed E-state index contributed by atoms with van der Waals surface area (Å²) in [6.07, 6.45) is 16.3. The van der Waals surface area contributed by atoms with Crippen LogP contribution in [0, 0.1) is 0 Å². The summed E-state index contributed by atoms with van der Waals surface area (Å²) in [6.45, 7) is 0. The van der Waals surface area contributed by atoms with Gasteiger partial charge in [-0.3, -0.25) is 9.97 Å². The van der Waals surface area contributed by atoms with Crippen molar-refractivity contribution in [1.29, 1.82) is 0 Å². The topological polar surface area (TPSA) is 62.7 Å². The van der Waals surface area contributed by atoms with E-state index in [0.29, 0.717) is 0 Å². The molecule has 1 aliphatic carbocycles. The molecule has 3 heterocycles. The smallest absolute Gasteiger partial charge is 0.142 e. The molecule has 5 nitrogen and oxygen atoms in total. The van der Waals surface area contributed by atoms with Gasteiger partial charge in [-0.05, 0) is 36.3 Å². The summed E-state index contributed by atoms with van der Waals surface area (Å²) in [7, 11) is 0. The molecule has 0 saturated carbocycles. The summed E-state index contributed by atoms with van der Waals surface area (Å²) in [5.74, 6) is 0. The first-order chi connectivity index (χ1) is 12.8. The van der Waals surface area contributed by atoms with Crippen molar-refractivity contribution >= 4 is 45.4 Å². The summed E-state index contributed by atoms with van der Waals surface area (Å²) in [6, 6.07) is 5.79. The predicted octanol–water partition coefficient (Wildman–Crippen LogP) is 4.72. The summed E-state index contributed by atoms with van der Waals surface area (Å²) in [5, 5.41) is 7.63. The fraction of sp³-hybridized carbons (Fsp3) is 0.105. The van der Waals surface area contributed by atoms with Crippen LogP contribution in [0.25, 0.3) is 15.8 Å². The second kappa shape index (κ2) is 7.72. The van der Waals surface area contributed by atoms with E-state index in [2.05, 4.69) is 45.4 Å². The number of hydrogen-bond acceptors (Lipinski definition) is 7. The molecule has 0 fully saturated rings. The number of nitrogens with one attached hydrogen (secondary N) is 2. The van der Waals surface area contributed by atoms with E-state index in [1.807, 2.05) is 36.5 Å². The van der Waals surface area contributed by atoms with Crippen LogP contribution < -0.4 is 10.6 Å². The van der Waals surface area contributed by atoms with Crippen LogP contribution in [0.1, 0.15) is 14.3 Å². The van der Waals surface area contributed by atoms with Crippen molar-refractivity contribution in [2.75, 3.05) is 5.32 Å². The lowest BCUT2D eigenvalue weighted by atomic mass is 10.2. The van der Waals surface area contributed by atoms with Crippen LogP contribution in [-0.2, 0) is 0 Å². The molecule has 3 aromatic rings. The standard InChI is InChI=1S/C19H17N5S2.2H2/c25-19(23-15-5-2-9-20-11-15)22-14-4-1-3-13(6-7-14)18-24-16-8-10-21-12-17(16)26-18;;/h1-5,7-12,19,22-23,25H,6H2;2*1H. The molecule has 0 radical (unpaired) electrons. The molecule has 3 aromatic heterocycles. The van der Waals surface area contributed by atoms with Crippen LogP contribution in [0.5, 0.6) is 0 Å². The molecule has 0 aliphatic heterocycles. The minimum absolute atomic E-state index is 0.